The summed E-state index contributed by atoms with van der Waals surface area (Å²) in [6.45, 7) is -1.93. The Kier molecular flexibility index (Phi) is 10.4. The van der Waals surface area contributed by atoms with Gasteiger partial charge < -0.3 is 31.2 Å². The third kappa shape index (κ3) is 8.47. The molecule has 0 saturated heterocycles. The van der Waals surface area contributed by atoms with Crippen molar-refractivity contribution in [3.63, 3.8) is 0 Å². The fraction of sp³-hybridized carbons (Fsp3) is 0.500. The number of anilines is 2. The molecule has 2 atom stereocenters. The number of nitrogens with two attached hydrogens (primary N) is 2. The van der Waals surface area contributed by atoms with E-state index in [0.717, 1.165) is 0 Å². The summed E-state index contributed by atoms with van der Waals surface area (Å²) in [5.74, 6) is 0.129. The highest BCUT2D eigenvalue weighted by Gasteiger charge is 2.13. The molecule has 6 N–H and O–H groups in total. The van der Waals surface area contributed by atoms with E-state index in [1.807, 2.05) is 0 Å². The lowest BCUT2D eigenvalue weighted by Crippen LogP contribution is -2.32. The summed E-state index contributed by atoms with van der Waals surface area (Å²) in [5.41, 5.74) is 9.58. The van der Waals surface area contributed by atoms with E-state index in [1.165, 1.54) is 33.7 Å². The molecule has 2 aromatic rings. The molecule has 16 heteroatoms. The molecule has 2 aromatic heterocycles. The highest BCUT2D eigenvalue weighted by molar-refractivity contribution is 7.33. The van der Waals surface area contributed by atoms with Crippen LogP contribution in [0.5, 0.6) is 0 Å². The first-order valence-electron chi connectivity index (χ1n) is 9.22. The molecule has 0 aromatic carbocycles. The van der Waals surface area contributed by atoms with E-state index in [0.29, 0.717) is 0 Å². The van der Waals surface area contributed by atoms with Crippen molar-refractivity contribution >= 4 is 19.9 Å². The van der Waals surface area contributed by atoms with Crippen molar-refractivity contribution < 1.29 is 33.3 Å². The molecule has 0 aliphatic rings. The van der Waals surface area contributed by atoms with Gasteiger partial charge in [0.2, 0.25) is 0 Å². The molecule has 0 aliphatic carbocycles. The lowest BCUT2D eigenvalue weighted by atomic mass is 10.3. The zero-order chi connectivity index (χ0) is 23.5. The predicted octanol–water partition coefficient (Wildman–Crippen LogP) is -2.24. The molecule has 0 saturated carbocycles. The molecular weight excluding hydrogens is 451 g/mol. The predicted molar refractivity (Wildman–Crippen MR) is 111 cm³/mol. The van der Waals surface area contributed by atoms with Crippen molar-refractivity contribution in [1.29, 1.82) is 0 Å². The maximum atomic E-state index is 11.8. The van der Waals surface area contributed by atoms with Gasteiger partial charge in [-0.1, -0.05) is 0 Å². The number of ether oxygens (including phenoxy) is 2. The molecule has 0 spiro atoms. The van der Waals surface area contributed by atoms with Crippen molar-refractivity contribution in [2.75, 3.05) is 38.3 Å². The van der Waals surface area contributed by atoms with Crippen LogP contribution in [0.4, 0.5) is 11.6 Å². The Morgan fingerprint density at radius 2 is 1.28 bits per heavy atom. The van der Waals surface area contributed by atoms with Crippen molar-refractivity contribution in [3.05, 3.63) is 45.5 Å². The van der Waals surface area contributed by atoms with Crippen LogP contribution in [0.15, 0.2) is 34.1 Å². The fourth-order valence-corrected chi connectivity index (χ4v) is 2.74. The topological polar surface area (TPSA) is 216 Å². The summed E-state index contributed by atoms with van der Waals surface area (Å²) in [7, 11) is -3.03. The summed E-state index contributed by atoms with van der Waals surface area (Å²) in [5, 5.41) is 18.7. The number of hydrogen-bond acceptors (Lipinski definition) is 13. The number of nitrogen functional groups attached to an aromatic ring is 2. The van der Waals surface area contributed by atoms with Gasteiger partial charge >= 0.3 is 19.6 Å². The molecule has 0 radical (unpaired) electrons. The van der Waals surface area contributed by atoms with Crippen LogP contribution < -0.4 is 22.8 Å². The Labute approximate surface area is 182 Å². The van der Waals surface area contributed by atoms with Crippen molar-refractivity contribution in [2.45, 2.75) is 25.3 Å². The minimum absolute atomic E-state index is 0.0333. The van der Waals surface area contributed by atoms with Crippen molar-refractivity contribution in [1.82, 2.24) is 19.1 Å². The summed E-state index contributed by atoms with van der Waals surface area (Å²) in [4.78, 5) is 30.5. The van der Waals surface area contributed by atoms with Gasteiger partial charge in [0.05, 0.1) is 26.3 Å². The van der Waals surface area contributed by atoms with Crippen molar-refractivity contribution in [3.8, 4) is 0 Å². The quantitative estimate of drug-likeness (QED) is 0.168. The minimum atomic E-state index is -3.03. The molecule has 15 nitrogen and oxygen atoms in total. The molecule has 32 heavy (non-hydrogen) atoms. The molecule has 0 fully saturated rings. The number of rotatable bonds is 14. The van der Waals surface area contributed by atoms with Crippen LogP contribution in [0.2, 0.25) is 0 Å². The standard InChI is InChI=1S/C16H25N6O9P/c17-13-1-3-21(15(25)19-13)5-11(7-23)28-9-30-32(27)31-10-29-12(8-24)6-22-4-2-14(18)20-16(22)26/h1-4,11-12,23-24,32H,5-10H2,(H2,17,19,25)(H2,18,20,26). The average Bonchev–Trinajstić information content (AvgIpc) is 2.75. The third-order valence-electron chi connectivity index (χ3n) is 3.96. The molecule has 2 unspecified atom stereocenters. The highest BCUT2D eigenvalue weighted by atomic mass is 31.1. The Morgan fingerprint density at radius 1 is 0.875 bits per heavy atom. The molecule has 2 heterocycles. The molecular formula is C16H25N6O9P. The van der Waals surface area contributed by atoms with E-state index in [4.69, 9.17) is 30.0 Å². The first-order chi connectivity index (χ1) is 15.3. The van der Waals surface area contributed by atoms with Gasteiger partial charge in [-0.2, -0.15) is 9.97 Å². The van der Waals surface area contributed by atoms with E-state index < -0.39 is 58.6 Å². The molecule has 0 amide bonds. The summed E-state index contributed by atoms with van der Waals surface area (Å²) < 4.78 is 34.3. The second-order valence-electron chi connectivity index (χ2n) is 6.29. The Bertz CT molecular complexity index is 923. The Hall–Kier alpha value is -2.65. The first kappa shape index (κ1) is 25.6. The summed E-state index contributed by atoms with van der Waals surface area (Å²) in [6.07, 6.45) is 1.12. The highest BCUT2D eigenvalue weighted by Crippen LogP contribution is 2.23. The van der Waals surface area contributed by atoms with Gasteiger partial charge in [0.25, 0.3) is 0 Å². The number of aliphatic hydroxyl groups is 2. The van der Waals surface area contributed by atoms with Crippen LogP contribution in [0.3, 0.4) is 0 Å². The van der Waals surface area contributed by atoms with Crippen molar-refractivity contribution in [2.24, 2.45) is 0 Å². The second-order valence-corrected chi connectivity index (χ2v) is 7.37. The zero-order valence-corrected chi connectivity index (χ0v) is 17.9. The van der Waals surface area contributed by atoms with Gasteiger partial charge in [0.1, 0.15) is 23.8 Å². The first-order valence-corrected chi connectivity index (χ1v) is 10.4. The zero-order valence-electron chi connectivity index (χ0n) is 16.9. The van der Waals surface area contributed by atoms with Crippen LogP contribution in [0, 0.1) is 0 Å². The van der Waals surface area contributed by atoms with E-state index in [1.54, 1.807) is 0 Å². The lowest BCUT2D eigenvalue weighted by Gasteiger charge is -2.17. The number of nitrogens with zero attached hydrogens (tertiary/aromatic N) is 4. The summed E-state index contributed by atoms with van der Waals surface area (Å²) >= 11 is 0. The van der Waals surface area contributed by atoms with Gasteiger partial charge in [-0.15, -0.1) is 0 Å². The van der Waals surface area contributed by atoms with Gasteiger partial charge in [-0.05, 0) is 12.1 Å². The number of hydrogen-bond donors (Lipinski definition) is 4. The maximum absolute atomic E-state index is 11.8. The maximum Gasteiger partial charge on any atom is 0.349 e. The minimum Gasteiger partial charge on any atom is -0.394 e. The summed E-state index contributed by atoms with van der Waals surface area (Å²) in [6, 6.07) is 2.83. The van der Waals surface area contributed by atoms with Crippen LogP contribution >= 0.6 is 8.25 Å². The van der Waals surface area contributed by atoms with E-state index in [2.05, 4.69) is 9.97 Å². The normalized spacial score (nSPS) is 14.2. The molecule has 0 bridgehead atoms. The van der Waals surface area contributed by atoms with Gasteiger partial charge in [0, 0.05) is 12.4 Å². The molecule has 2 rings (SSSR count). The number of aromatic nitrogens is 4. The SMILES string of the molecule is Nc1ccn(CC(CO)OCO[PH](=O)OCOC(CO)Cn2ccc(N)nc2=O)c(=O)n1. The monoisotopic (exact) mass is 476 g/mol. The Balaban J connectivity index is 1.70. The smallest absolute Gasteiger partial charge is 0.349 e. The molecule has 178 valence electrons. The van der Waals surface area contributed by atoms with Crippen LogP contribution in [-0.4, -0.2) is 68.3 Å². The van der Waals surface area contributed by atoms with Crippen LogP contribution in [-0.2, 0) is 36.2 Å². The lowest BCUT2D eigenvalue weighted by molar-refractivity contribution is -0.0844. The van der Waals surface area contributed by atoms with E-state index >= 15 is 0 Å². The third-order valence-corrected chi connectivity index (χ3v) is 4.67. The number of aliphatic hydroxyl groups excluding tert-OH is 2. The fourth-order valence-electron chi connectivity index (χ4n) is 2.33. The van der Waals surface area contributed by atoms with Crippen LogP contribution in [0.1, 0.15) is 0 Å². The van der Waals surface area contributed by atoms with Gasteiger partial charge in [0.15, 0.2) is 13.6 Å². The second kappa shape index (κ2) is 13.0. The van der Waals surface area contributed by atoms with E-state index in [9.17, 15) is 24.4 Å². The van der Waals surface area contributed by atoms with Gasteiger partial charge in [-0.25, -0.2) is 9.59 Å². The largest absolute Gasteiger partial charge is 0.394 e. The van der Waals surface area contributed by atoms with E-state index in [-0.39, 0.29) is 24.7 Å². The van der Waals surface area contributed by atoms with Gasteiger partial charge in [-0.3, -0.25) is 22.7 Å². The molecule has 0 aliphatic heterocycles. The Morgan fingerprint density at radius 3 is 1.62 bits per heavy atom. The van der Waals surface area contributed by atoms with Crippen LogP contribution in [0.25, 0.3) is 0 Å². The average molecular weight is 476 g/mol.